The van der Waals surface area contributed by atoms with E-state index >= 15 is 0 Å². The summed E-state index contributed by atoms with van der Waals surface area (Å²) < 4.78 is 16.3. The summed E-state index contributed by atoms with van der Waals surface area (Å²) in [6.07, 6.45) is 0. The third-order valence-corrected chi connectivity index (χ3v) is 6.31. The van der Waals surface area contributed by atoms with Crippen LogP contribution in [0, 0.1) is 32.1 Å². The van der Waals surface area contributed by atoms with Crippen molar-refractivity contribution in [3.05, 3.63) is 51.5 Å². The largest absolute Gasteiger partial charge is 0.454 e. The van der Waals surface area contributed by atoms with Crippen LogP contribution >= 0.6 is 11.3 Å². The lowest BCUT2D eigenvalue weighted by atomic mass is 10.0. The summed E-state index contributed by atoms with van der Waals surface area (Å²) in [5.41, 5.74) is 3.77. The van der Waals surface area contributed by atoms with Gasteiger partial charge in [-0.25, -0.2) is 4.98 Å². The Balaban J connectivity index is 1.62. The van der Waals surface area contributed by atoms with Gasteiger partial charge in [0.15, 0.2) is 11.5 Å². The summed E-state index contributed by atoms with van der Waals surface area (Å²) in [5.74, 6) is 0.886. The average molecular weight is 432 g/mol. The second-order valence-electron chi connectivity index (χ2n) is 7.14. The number of nitrogens with one attached hydrogen (secondary N) is 1. The lowest BCUT2D eigenvalue weighted by Gasteiger charge is -2.07. The van der Waals surface area contributed by atoms with Crippen molar-refractivity contribution >= 4 is 33.3 Å². The van der Waals surface area contributed by atoms with Gasteiger partial charge in [-0.1, -0.05) is 5.16 Å². The Morgan fingerprint density at radius 3 is 2.81 bits per heavy atom. The number of nitriles is 1. The highest BCUT2D eigenvalue weighted by atomic mass is 32.1. The number of amides is 1. The van der Waals surface area contributed by atoms with Crippen LogP contribution in [-0.2, 0) is 0 Å². The van der Waals surface area contributed by atoms with Gasteiger partial charge in [0.25, 0.3) is 11.6 Å². The number of carbonyl (C=O) groups excluding carboxylic acids is 1. The molecule has 8 nitrogen and oxygen atoms in total. The molecule has 9 heteroatoms. The Labute approximate surface area is 181 Å². The Morgan fingerprint density at radius 2 is 2.00 bits per heavy atom. The van der Waals surface area contributed by atoms with Crippen molar-refractivity contribution in [3.8, 4) is 28.8 Å². The highest BCUT2D eigenvalue weighted by Gasteiger charge is 2.24. The highest BCUT2D eigenvalue weighted by molar-refractivity contribution is 7.16. The number of hydrogen-bond acceptors (Lipinski definition) is 8. The van der Waals surface area contributed by atoms with Gasteiger partial charge >= 0.3 is 0 Å². The van der Waals surface area contributed by atoms with E-state index in [1.165, 1.54) is 11.3 Å². The first-order chi connectivity index (χ1) is 15.0. The third-order valence-electron chi connectivity index (χ3n) is 5.19. The number of pyridine rings is 1. The average Bonchev–Trinajstić information content (AvgIpc) is 3.44. The molecular weight excluding hydrogens is 416 g/mol. The minimum absolute atomic E-state index is 0.160. The first-order valence-corrected chi connectivity index (χ1v) is 10.3. The zero-order valence-corrected chi connectivity index (χ0v) is 17.7. The van der Waals surface area contributed by atoms with Gasteiger partial charge in [0, 0.05) is 16.1 Å². The molecule has 0 fully saturated rings. The Hall–Kier alpha value is -3.90. The van der Waals surface area contributed by atoms with Gasteiger partial charge in [-0.2, -0.15) is 5.26 Å². The minimum Gasteiger partial charge on any atom is -0.454 e. The predicted molar refractivity (Wildman–Crippen MR) is 115 cm³/mol. The van der Waals surface area contributed by atoms with Gasteiger partial charge < -0.3 is 19.3 Å². The molecule has 0 unspecified atom stereocenters. The molecule has 1 aromatic carbocycles. The van der Waals surface area contributed by atoms with Crippen molar-refractivity contribution in [2.75, 3.05) is 12.1 Å². The molecule has 0 aliphatic carbocycles. The van der Waals surface area contributed by atoms with Crippen molar-refractivity contribution in [2.45, 2.75) is 20.8 Å². The lowest BCUT2D eigenvalue weighted by Crippen LogP contribution is -2.13. The van der Waals surface area contributed by atoms with E-state index in [4.69, 9.17) is 14.0 Å². The molecule has 1 aliphatic heterocycles. The highest BCUT2D eigenvalue weighted by Crippen LogP contribution is 2.39. The summed E-state index contributed by atoms with van der Waals surface area (Å²) in [4.78, 5) is 18.6. The molecule has 0 radical (unpaired) electrons. The molecule has 1 amide bonds. The van der Waals surface area contributed by atoms with Crippen molar-refractivity contribution in [1.29, 1.82) is 5.26 Å². The Kier molecular flexibility index (Phi) is 4.38. The standard InChI is InChI=1S/C22H16N4O4S/c1-10-6-14(20(27)25-22-15(8-23)11(2)12(3)31-22)18-19(26-30-21(18)24-10)13-4-5-16-17(7-13)29-9-28-16/h4-7H,9H2,1-3H3,(H,25,27). The Morgan fingerprint density at radius 1 is 1.19 bits per heavy atom. The first kappa shape index (κ1) is 19.1. The summed E-state index contributed by atoms with van der Waals surface area (Å²) >= 11 is 1.37. The van der Waals surface area contributed by atoms with Crippen LogP contribution in [-0.4, -0.2) is 22.8 Å². The third kappa shape index (κ3) is 3.08. The number of thiophene rings is 1. The number of anilines is 1. The molecule has 0 bridgehead atoms. The summed E-state index contributed by atoms with van der Waals surface area (Å²) in [7, 11) is 0. The number of rotatable bonds is 3. The maximum absolute atomic E-state index is 13.3. The minimum atomic E-state index is -0.363. The van der Waals surface area contributed by atoms with E-state index in [9.17, 15) is 10.1 Å². The number of aromatic nitrogens is 2. The fourth-order valence-electron chi connectivity index (χ4n) is 3.51. The molecule has 1 N–H and O–H groups in total. The van der Waals surface area contributed by atoms with Crippen LogP contribution in [0.15, 0.2) is 28.8 Å². The van der Waals surface area contributed by atoms with E-state index in [1.54, 1.807) is 25.1 Å². The van der Waals surface area contributed by atoms with E-state index in [0.29, 0.717) is 50.0 Å². The van der Waals surface area contributed by atoms with E-state index in [1.807, 2.05) is 19.9 Å². The Bertz CT molecular complexity index is 1410. The van der Waals surface area contributed by atoms with Gasteiger partial charge in [-0.3, -0.25) is 4.79 Å². The molecule has 1 aliphatic rings. The van der Waals surface area contributed by atoms with Gasteiger partial charge in [0.1, 0.15) is 16.8 Å². The van der Waals surface area contributed by atoms with E-state index in [2.05, 4.69) is 21.5 Å². The summed E-state index contributed by atoms with van der Waals surface area (Å²) in [6.45, 7) is 5.72. The zero-order chi connectivity index (χ0) is 21.7. The van der Waals surface area contributed by atoms with E-state index < -0.39 is 0 Å². The smallest absolute Gasteiger partial charge is 0.259 e. The topological polar surface area (TPSA) is 110 Å². The maximum atomic E-state index is 13.3. The van der Waals surface area contributed by atoms with Crippen molar-refractivity contribution < 1.29 is 18.8 Å². The summed E-state index contributed by atoms with van der Waals surface area (Å²) in [5, 5.41) is 17.6. The van der Waals surface area contributed by atoms with Crippen molar-refractivity contribution in [2.24, 2.45) is 0 Å². The molecule has 3 aromatic heterocycles. The number of nitrogens with zero attached hydrogens (tertiary/aromatic N) is 3. The van der Waals surface area contributed by atoms with Gasteiger partial charge in [0.05, 0.1) is 16.5 Å². The molecule has 154 valence electrons. The van der Waals surface area contributed by atoms with Gasteiger partial charge in [0.2, 0.25) is 6.79 Å². The number of benzene rings is 1. The number of carbonyl (C=O) groups is 1. The SMILES string of the molecule is Cc1cc(C(=O)Nc2sc(C)c(C)c2C#N)c2c(-c3ccc4c(c3)OCO4)noc2n1. The van der Waals surface area contributed by atoms with Crippen LogP contribution in [0.5, 0.6) is 11.5 Å². The second-order valence-corrected chi connectivity index (χ2v) is 8.37. The predicted octanol–water partition coefficient (Wildman–Crippen LogP) is 4.73. The lowest BCUT2D eigenvalue weighted by molar-refractivity contribution is 0.102. The molecule has 4 heterocycles. The first-order valence-electron chi connectivity index (χ1n) is 9.44. The molecule has 4 aromatic rings. The molecule has 0 saturated heterocycles. The number of ether oxygens (including phenoxy) is 2. The van der Waals surface area contributed by atoms with Crippen LogP contribution in [0.4, 0.5) is 5.00 Å². The normalized spacial score (nSPS) is 12.2. The molecule has 5 rings (SSSR count). The molecule has 0 saturated carbocycles. The number of aryl methyl sites for hydroxylation is 2. The van der Waals surface area contributed by atoms with Crippen LogP contribution < -0.4 is 14.8 Å². The van der Waals surface area contributed by atoms with E-state index in [-0.39, 0.29) is 18.4 Å². The van der Waals surface area contributed by atoms with Gasteiger partial charge in [-0.05, 0) is 50.6 Å². The molecule has 0 spiro atoms. The molecule has 0 atom stereocenters. The number of hydrogen-bond donors (Lipinski definition) is 1. The van der Waals surface area contributed by atoms with Crippen molar-refractivity contribution in [3.63, 3.8) is 0 Å². The van der Waals surface area contributed by atoms with Crippen molar-refractivity contribution in [1.82, 2.24) is 10.1 Å². The second kappa shape index (κ2) is 7.11. The molecular formula is C22H16N4O4S. The van der Waals surface area contributed by atoms with Gasteiger partial charge in [-0.15, -0.1) is 11.3 Å². The molecule has 31 heavy (non-hydrogen) atoms. The van der Waals surface area contributed by atoms with Crippen LogP contribution in [0.1, 0.15) is 32.1 Å². The summed E-state index contributed by atoms with van der Waals surface area (Å²) in [6, 6.07) is 9.26. The zero-order valence-electron chi connectivity index (χ0n) is 16.9. The van der Waals surface area contributed by atoms with Crippen LogP contribution in [0.25, 0.3) is 22.4 Å². The fourth-order valence-corrected chi connectivity index (χ4v) is 4.52. The van der Waals surface area contributed by atoms with E-state index in [0.717, 1.165) is 10.4 Å². The maximum Gasteiger partial charge on any atom is 0.259 e. The number of fused-ring (bicyclic) bond motifs is 2. The van der Waals surface area contributed by atoms with Crippen LogP contribution in [0.2, 0.25) is 0 Å². The van der Waals surface area contributed by atoms with Crippen LogP contribution in [0.3, 0.4) is 0 Å². The quantitative estimate of drug-likeness (QED) is 0.498. The monoisotopic (exact) mass is 432 g/mol. The fraction of sp³-hybridized carbons (Fsp3) is 0.182.